The summed E-state index contributed by atoms with van der Waals surface area (Å²) in [7, 11) is 0. The van der Waals surface area contributed by atoms with Gasteiger partial charge in [-0.3, -0.25) is 45.5 Å². The molecule has 0 radical (unpaired) electrons. The summed E-state index contributed by atoms with van der Waals surface area (Å²) in [5.74, 6) is -7.42. The molecule has 6 fully saturated rings. The van der Waals surface area contributed by atoms with Gasteiger partial charge in [0.1, 0.15) is 30.0 Å². The Bertz CT molecular complexity index is 1460. The van der Waals surface area contributed by atoms with E-state index < -0.39 is 135 Å². The van der Waals surface area contributed by atoms with Gasteiger partial charge in [0, 0.05) is 45.4 Å². The number of urea groups is 3. The number of halogens is 8. The number of carbonyl (C=O) groups is 6. The molecular formula is C29H40Cl2F6N8O12. The maximum Gasteiger partial charge on any atom is 0.402 e. The average Bonchev–Trinajstić information content (AvgIpc) is 3.79. The molecule has 0 aromatic carbocycles. The quantitative estimate of drug-likeness (QED) is 0.111. The van der Waals surface area contributed by atoms with Gasteiger partial charge in [0.25, 0.3) is 0 Å². The van der Waals surface area contributed by atoms with Crippen LogP contribution in [0, 0.1) is 17.2 Å². The highest BCUT2D eigenvalue weighted by Crippen LogP contribution is 2.34. The third kappa shape index (κ3) is 11.7. The van der Waals surface area contributed by atoms with Gasteiger partial charge < -0.3 is 40.1 Å². The molecule has 0 aliphatic carbocycles. The van der Waals surface area contributed by atoms with Crippen LogP contribution in [0.5, 0.6) is 0 Å². The Kier molecular flexibility index (Phi) is 16.1. The minimum absolute atomic E-state index is 0. The van der Waals surface area contributed by atoms with E-state index in [9.17, 15) is 65.3 Å². The smallest absolute Gasteiger partial charge is 0.394 e. The molecule has 57 heavy (non-hydrogen) atoms. The van der Waals surface area contributed by atoms with Crippen molar-refractivity contribution < 1.29 is 85.0 Å². The van der Waals surface area contributed by atoms with Crippen molar-refractivity contribution in [3.05, 3.63) is 0 Å². The SMILES string of the molecule is Cl.N=C1CCCN1CC1NC(=O)NC(=O)C1Cl.O=C1NC(=O)N([C@H]2C[C@H](O)[C@@H](CO)O2)CC1C(F)(F)F.O=C1NC(=O)N([C@H]2C[C@H](O)[C@@H](CO)O2)CC1C(F)(F)F. The summed E-state index contributed by atoms with van der Waals surface area (Å²) in [6.07, 6.45) is -14.4. The summed E-state index contributed by atoms with van der Waals surface area (Å²) in [5.41, 5.74) is 0. The normalized spacial score (nSPS) is 33.3. The van der Waals surface area contributed by atoms with Crippen molar-refractivity contribution in [1.82, 2.24) is 36.0 Å². The lowest BCUT2D eigenvalue weighted by Gasteiger charge is -2.36. The largest absolute Gasteiger partial charge is 0.402 e. The summed E-state index contributed by atoms with van der Waals surface area (Å²) >= 11 is 5.90. The Hall–Kier alpha value is -3.79. The maximum atomic E-state index is 12.7. The second kappa shape index (κ2) is 19.3. The summed E-state index contributed by atoms with van der Waals surface area (Å²) in [6.45, 7) is -1.57. The van der Waals surface area contributed by atoms with E-state index in [0.29, 0.717) is 22.2 Å². The first-order valence-electron chi connectivity index (χ1n) is 16.9. The lowest BCUT2D eigenvalue weighted by atomic mass is 10.1. The number of aliphatic hydroxyl groups is 4. The third-order valence-corrected chi connectivity index (χ3v) is 9.93. The van der Waals surface area contributed by atoms with Gasteiger partial charge in [-0.25, -0.2) is 14.4 Å². The molecule has 0 bridgehead atoms. The number of likely N-dealkylation sites (tertiary alicyclic amines) is 1. The van der Waals surface area contributed by atoms with Crippen molar-refractivity contribution in [3.63, 3.8) is 0 Å². The molecule has 28 heteroatoms. The molecule has 9 amide bonds. The van der Waals surface area contributed by atoms with Crippen LogP contribution in [0.4, 0.5) is 40.7 Å². The predicted molar refractivity (Wildman–Crippen MR) is 178 cm³/mol. The number of hydrogen-bond donors (Lipinski definition) is 9. The Labute approximate surface area is 329 Å². The van der Waals surface area contributed by atoms with Gasteiger partial charge in [-0.15, -0.1) is 24.0 Å². The van der Waals surface area contributed by atoms with Crippen molar-refractivity contribution >= 4 is 65.7 Å². The number of ether oxygens (including phenoxy) is 2. The number of imide groups is 3. The summed E-state index contributed by atoms with van der Waals surface area (Å²) < 4.78 is 86.2. The van der Waals surface area contributed by atoms with E-state index in [0.717, 1.165) is 19.4 Å². The molecule has 6 heterocycles. The topological polar surface area (TPSA) is 283 Å². The molecular weight excluding hydrogens is 837 g/mol. The molecule has 6 rings (SSSR count). The summed E-state index contributed by atoms with van der Waals surface area (Å²) in [4.78, 5) is 71.2. The number of nitrogens with zero attached hydrogens (tertiary/aromatic N) is 3. The average molecular weight is 878 g/mol. The minimum atomic E-state index is -4.78. The monoisotopic (exact) mass is 876 g/mol. The van der Waals surface area contributed by atoms with Crippen molar-refractivity contribution in [2.75, 3.05) is 39.4 Å². The molecule has 324 valence electrons. The van der Waals surface area contributed by atoms with Gasteiger partial charge >= 0.3 is 30.4 Å². The first kappa shape index (κ1) is 47.6. The fraction of sp³-hybridized carbons (Fsp3) is 0.759. The maximum absolute atomic E-state index is 12.7. The number of amidine groups is 1. The van der Waals surface area contributed by atoms with Crippen molar-refractivity contribution in [1.29, 1.82) is 5.41 Å². The Morgan fingerprint density at radius 3 is 1.54 bits per heavy atom. The third-order valence-electron chi connectivity index (χ3n) is 9.42. The zero-order chi connectivity index (χ0) is 41.9. The molecule has 0 saturated carbocycles. The van der Waals surface area contributed by atoms with E-state index in [4.69, 9.17) is 36.7 Å². The first-order chi connectivity index (χ1) is 26.0. The molecule has 20 nitrogen and oxygen atoms in total. The van der Waals surface area contributed by atoms with E-state index in [1.165, 1.54) is 0 Å². The lowest BCUT2D eigenvalue weighted by Crippen LogP contribution is -2.62. The Morgan fingerprint density at radius 1 is 0.754 bits per heavy atom. The van der Waals surface area contributed by atoms with E-state index in [2.05, 4.69) is 10.6 Å². The van der Waals surface area contributed by atoms with Gasteiger partial charge in [0.05, 0.1) is 37.3 Å². The van der Waals surface area contributed by atoms with Gasteiger partial charge in [-0.2, -0.15) is 26.3 Å². The lowest BCUT2D eigenvalue weighted by molar-refractivity contribution is -0.193. The summed E-state index contributed by atoms with van der Waals surface area (Å²) in [6, 6.07) is -2.96. The van der Waals surface area contributed by atoms with Gasteiger partial charge in [-0.1, -0.05) is 0 Å². The molecule has 0 aromatic heterocycles. The number of alkyl halides is 7. The Balaban J connectivity index is 0.000000229. The van der Waals surface area contributed by atoms with Gasteiger partial charge in [-0.05, 0) is 6.42 Å². The zero-order valence-electron chi connectivity index (χ0n) is 29.3. The number of carbonyl (C=O) groups excluding carboxylic acids is 6. The van der Waals surface area contributed by atoms with Crippen LogP contribution in [0.3, 0.4) is 0 Å². The number of rotatable bonds is 6. The van der Waals surface area contributed by atoms with Crippen molar-refractivity contribution in [3.8, 4) is 0 Å². The molecule has 4 unspecified atom stereocenters. The molecule has 0 spiro atoms. The van der Waals surface area contributed by atoms with Crippen molar-refractivity contribution in [2.24, 2.45) is 11.8 Å². The minimum Gasteiger partial charge on any atom is -0.394 e. The number of hydrogen-bond acceptors (Lipinski definition) is 13. The second-order valence-corrected chi connectivity index (χ2v) is 13.7. The molecule has 6 saturated heterocycles. The number of nitrogens with one attached hydrogen (secondary N) is 5. The van der Waals surface area contributed by atoms with Crippen LogP contribution in [0.2, 0.25) is 0 Å². The highest BCUT2D eigenvalue weighted by Gasteiger charge is 2.53. The number of amides is 9. The second-order valence-electron chi connectivity index (χ2n) is 13.3. The molecule has 10 atom stereocenters. The number of aliphatic hydroxyl groups excluding tert-OH is 4. The fourth-order valence-corrected chi connectivity index (χ4v) is 6.54. The zero-order valence-corrected chi connectivity index (χ0v) is 30.9. The molecule has 9 N–H and O–H groups in total. The van der Waals surface area contributed by atoms with E-state index >= 15 is 0 Å². The van der Waals surface area contributed by atoms with Crippen LogP contribution in [0.1, 0.15) is 25.7 Å². The van der Waals surface area contributed by atoms with Crippen LogP contribution in [-0.2, 0) is 23.9 Å². The van der Waals surface area contributed by atoms with E-state index in [1.807, 2.05) is 4.90 Å². The molecule has 0 aromatic rings. The van der Waals surface area contributed by atoms with Crippen LogP contribution >= 0.6 is 24.0 Å². The highest BCUT2D eigenvalue weighted by atomic mass is 35.5. The van der Waals surface area contributed by atoms with Gasteiger partial charge in [0.2, 0.25) is 17.7 Å². The van der Waals surface area contributed by atoms with E-state index in [-0.39, 0.29) is 25.2 Å². The highest BCUT2D eigenvalue weighted by molar-refractivity contribution is 6.33. The van der Waals surface area contributed by atoms with E-state index in [1.54, 1.807) is 10.6 Å². The standard InChI is InChI=1S/2C10H13F3N2O5.C9H13ClN4O2.ClH/c2*11-10(12,13)4-2-15(9(19)14-8(4)18)7-1-5(17)6(3-16)20-7;10-7-5(12-9(16)13-8(7)15)4-14-3-1-2-6(14)11;/h2*4-7,16-17H,1-3H2,(H,14,18,19);5,7,11H,1-4H2,(H2,12,13,15,16);1H/t2*4?,5-,6+,7+;;/m00../s1. The summed E-state index contributed by atoms with van der Waals surface area (Å²) in [5, 5.41) is 51.7. The fourth-order valence-electron chi connectivity index (χ4n) is 6.35. The van der Waals surface area contributed by atoms with Crippen LogP contribution < -0.4 is 21.3 Å². The molecule has 6 aliphatic heterocycles. The first-order valence-corrected chi connectivity index (χ1v) is 17.3. The predicted octanol–water partition coefficient (Wildman–Crippen LogP) is -1.33. The van der Waals surface area contributed by atoms with Crippen LogP contribution in [0.15, 0.2) is 0 Å². The van der Waals surface area contributed by atoms with Crippen molar-refractivity contribution in [2.45, 2.75) is 86.3 Å². The molecule has 6 aliphatic rings. The van der Waals surface area contributed by atoms with Gasteiger partial charge in [0.15, 0.2) is 11.8 Å². The van der Waals surface area contributed by atoms with Crippen LogP contribution in [-0.4, -0.2) is 177 Å². The Morgan fingerprint density at radius 2 is 1.19 bits per heavy atom. The van der Waals surface area contributed by atoms with Crippen LogP contribution in [0.25, 0.3) is 0 Å².